The molecule has 2 N–H and O–H groups in total. The predicted octanol–water partition coefficient (Wildman–Crippen LogP) is 1.45. The number of fused-ring (bicyclic) bond motifs is 1. The first kappa shape index (κ1) is 11.9. The first-order valence-electron chi connectivity index (χ1n) is 6.23. The number of tetrazole rings is 1. The van der Waals surface area contributed by atoms with E-state index in [1.54, 1.807) is 0 Å². The molecule has 0 aliphatic rings. The second kappa shape index (κ2) is 4.81. The molecular formula is C13H16N6. The van der Waals surface area contributed by atoms with Gasteiger partial charge in [-0.2, -0.15) is 5.21 Å². The van der Waals surface area contributed by atoms with E-state index in [2.05, 4.69) is 56.9 Å². The van der Waals surface area contributed by atoms with Gasteiger partial charge in [0, 0.05) is 29.2 Å². The molecule has 0 aliphatic heterocycles. The molecule has 0 spiro atoms. The van der Waals surface area contributed by atoms with Crippen molar-refractivity contribution in [2.24, 2.45) is 0 Å². The summed E-state index contributed by atoms with van der Waals surface area (Å²) in [5, 5.41) is 15.5. The van der Waals surface area contributed by atoms with E-state index in [-0.39, 0.29) is 0 Å². The molecule has 3 rings (SSSR count). The van der Waals surface area contributed by atoms with Gasteiger partial charge in [0.25, 0.3) is 0 Å². The van der Waals surface area contributed by atoms with Crippen LogP contribution in [-0.2, 0) is 6.42 Å². The molecule has 0 radical (unpaired) electrons. The maximum absolute atomic E-state index is 4.08. The average molecular weight is 256 g/mol. The lowest BCUT2D eigenvalue weighted by Gasteiger charge is -2.09. The monoisotopic (exact) mass is 256 g/mol. The average Bonchev–Trinajstić information content (AvgIpc) is 3.05. The summed E-state index contributed by atoms with van der Waals surface area (Å²) in [5.74, 6) is 0.635. The van der Waals surface area contributed by atoms with Crippen molar-refractivity contribution >= 4 is 10.9 Å². The van der Waals surface area contributed by atoms with Crippen molar-refractivity contribution in [2.75, 3.05) is 20.6 Å². The third kappa shape index (κ3) is 2.22. The van der Waals surface area contributed by atoms with Gasteiger partial charge in [-0.25, -0.2) is 0 Å². The highest BCUT2D eigenvalue weighted by Crippen LogP contribution is 2.28. The van der Waals surface area contributed by atoms with E-state index in [0.29, 0.717) is 5.82 Å². The largest absolute Gasteiger partial charge is 0.361 e. The molecule has 0 saturated heterocycles. The second-order valence-electron chi connectivity index (χ2n) is 4.83. The van der Waals surface area contributed by atoms with Gasteiger partial charge in [-0.1, -0.05) is 12.1 Å². The Labute approximate surface area is 110 Å². The molecule has 0 atom stereocenters. The van der Waals surface area contributed by atoms with Gasteiger partial charge in [0.2, 0.25) is 5.82 Å². The Morgan fingerprint density at radius 2 is 2.16 bits per heavy atom. The molecule has 6 nitrogen and oxygen atoms in total. The zero-order valence-electron chi connectivity index (χ0n) is 11.0. The fourth-order valence-corrected chi connectivity index (χ4v) is 2.26. The number of aromatic nitrogens is 5. The molecule has 98 valence electrons. The molecule has 6 heteroatoms. The molecule has 1 aromatic carbocycles. The SMILES string of the molecule is CN(C)CCc1c[nH]c2cccc(-c3nn[nH]n3)c12. The van der Waals surface area contributed by atoms with Gasteiger partial charge in [0.1, 0.15) is 0 Å². The molecule has 3 aromatic rings. The third-order valence-electron chi connectivity index (χ3n) is 3.20. The van der Waals surface area contributed by atoms with E-state index in [9.17, 15) is 0 Å². The van der Waals surface area contributed by atoms with E-state index in [4.69, 9.17) is 0 Å². The van der Waals surface area contributed by atoms with Crippen molar-refractivity contribution < 1.29 is 0 Å². The lowest BCUT2D eigenvalue weighted by Crippen LogP contribution is -2.14. The highest BCUT2D eigenvalue weighted by molar-refractivity contribution is 5.96. The smallest absolute Gasteiger partial charge is 0.205 e. The Kier molecular flexibility index (Phi) is 3.00. The van der Waals surface area contributed by atoms with Gasteiger partial charge in [-0.15, -0.1) is 10.2 Å². The van der Waals surface area contributed by atoms with Crippen molar-refractivity contribution in [2.45, 2.75) is 6.42 Å². The number of nitrogens with one attached hydrogen (secondary N) is 2. The van der Waals surface area contributed by atoms with Gasteiger partial charge in [0.15, 0.2) is 0 Å². The predicted molar refractivity (Wildman–Crippen MR) is 73.7 cm³/mol. The summed E-state index contributed by atoms with van der Waals surface area (Å²) in [5.41, 5.74) is 3.40. The Morgan fingerprint density at radius 3 is 2.89 bits per heavy atom. The van der Waals surface area contributed by atoms with Crippen molar-refractivity contribution in [1.82, 2.24) is 30.5 Å². The van der Waals surface area contributed by atoms with Gasteiger partial charge in [-0.3, -0.25) is 0 Å². The minimum Gasteiger partial charge on any atom is -0.361 e. The fourth-order valence-electron chi connectivity index (χ4n) is 2.26. The molecule has 2 aromatic heterocycles. The Hall–Kier alpha value is -2.21. The van der Waals surface area contributed by atoms with Gasteiger partial charge >= 0.3 is 0 Å². The molecule has 19 heavy (non-hydrogen) atoms. The first-order chi connectivity index (χ1) is 9.25. The summed E-state index contributed by atoms with van der Waals surface area (Å²) < 4.78 is 0. The molecule has 0 saturated carbocycles. The van der Waals surface area contributed by atoms with Gasteiger partial charge in [-0.05, 0) is 37.4 Å². The van der Waals surface area contributed by atoms with Crippen LogP contribution in [-0.4, -0.2) is 51.1 Å². The number of hydrogen-bond donors (Lipinski definition) is 2. The van der Waals surface area contributed by atoms with Crippen LogP contribution in [0.3, 0.4) is 0 Å². The van der Waals surface area contributed by atoms with Crippen LogP contribution in [0.25, 0.3) is 22.3 Å². The Bertz CT molecular complexity index is 668. The number of benzene rings is 1. The summed E-state index contributed by atoms with van der Waals surface area (Å²) in [6.45, 7) is 1.01. The molecule has 0 amide bonds. The zero-order valence-corrected chi connectivity index (χ0v) is 11.0. The van der Waals surface area contributed by atoms with Crippen molar-refractivity contribution in [3.63, 3.8) is 0 Å². The lowest BCUT2D eigenvalue weighted by atomic mass is 10.0. The molecular weight excluding hydrogens is 240 g/mol. The number of nitrogens with zero attached hydrogens (tertiary/aromatic N) is 4. The van der Waals surface area contributed by atoms with Crippen molar-refractivity contribution in [3.8, 4) is 11.4 Å². The quantitative estimate of drug-likeness (QED) is 0.741. The second-order valence-corrected chi connectivity index (χ2v) is 4.83. The molecule has 0 unspecified atom stereocenters. The van der Waals surface area contributed by atoms with Crippen molar-refractivity contribution in [1.29, 1.82) is 0 Å². The maximum atomic E-state index is 4.08. The van der Waals surface area contributed by atoms with E-state index < -0.39 is 0 Å². The number of H-pyrrole nitrogens is 2. The fraction of sp³-hybridized carbons (Fsp3) is 0.308. The van der Waals surface area contributed by atoms with Crippen LogP contribution >= 0.6 is 0 Å². The standard InChI is InChI=1S/C13H16N6/c1-19(2)7-6-9-8-14-11-5-3-4-10(12(9)11)13-15-17-18-16-13/h3-5,8,14H,6-7H2,1-2H3,(H,15,16,17,18). The highest BCUT2D eigenvalue weighted by Gasteiger charge is 2.12. The van der Waals surface area contributed by atoms with Gasteiger partial charge in [0.05, 0.1) is 0 Å². The van der Waals surface area contributed by atoms with E-state index in [0.717, 1.165) is 24.0 Å². The van der Waals surface area contributed by atoms with Crippen LogP contribution in [0.5, 0.6) is 0 Å². The summed E-state index contributed by atoms with van der Waals surface area (Å²) >= 11 is 0. The highest BCUT2D eigenvalue weighted by atomic mass is 15.5. The maximum Gasteiger partial charge on any atom is 0.205 e. The molecule has 0 aliphatic carbocycles. The first-order valence-corrected chi connectivity index (χ1v) is 6.23. The van der Waals surface area contributed by atoms with Crippen LogP contribution in [0.15, 0.2) is 24.4 Å². The normalized spacial score (nSPS) is 11.5. The van der Waals surface area contributed by atoms with E-state index in [1.807, 2.05) is 12.1 Å². The molecule has 0 bridgehead atoms. The minimum absolute atomic E-state index is 0.635. The summed E-state index contributed by atoms with van der Waals surface area (Å²) in [4.78, 5) is 5.49. The zero-order chi connectivity index (χ0) is 13.2. The number of aromatic amines is 2. The molecule has 2 heterocycles. The lowest BCUT2D eigenvalue weighted by molar-refractivity contribution is 0.414. The van der Waals surface area contributed by atoms with Gasteiger partial charge < -0.3 is 9.88 Å². The van der Waals surface area contributed by atoms with Crippen LogP contribution in [0.2, 0.25) is 0 Å². The summed E-state index contributed by atoms with van der Waals surface area (Å²) in [7, 11) is 4.16. The van der Waals surface area contributed by atoms with E-state index >= 15 is 0 Å². The minimum atomic E-state index is 0.635. The topological polar surface area (TPSA) is 73.5 Å². The molecule has 0 fully saturated rings. The number of likely N-dealkylation sites (N-methyl/N-ethyl adjacent to an activating group) is 1. The third-order valence-corrected chi connectivity index (χ3v) is 3.20. The van der Waals surface area contributed by atoms with Crippen LogP contribution in [0.1, 0.15) is 5.56 Å². The summed E-state index contributed by atoms with van der Waals surface area (Å²) in [6, 6.07) is 6.10. The summed E-state index contributed by atoms with van der Waals surface area (Å²) in [6.07, 6.45) is 3.06. The number of rotatable bonds is 4. The van der Waals surface area contributed by atoms with Crippen molar-refractivity contribution in [3.05, 3.63) is 30.0 Å². The van der Waals surface area contributed by atoms with Crippen LogP contribution in [0, 0.1) is 0 Å². The Morgan fingerprint density at radius 1 is 1.26 bits per heavy atom. The van der Waals surface area contributed by atoms with Crippen LogP contribution in [0.4, 0.5) is 0 Å². The van der Waals surface area contributed by atoms with E-state index in [1.165, 1.54) is 10.9 Å². The Balaban J connectivity index is 2.09. The number of hydrogen-bond acceptors (Lipinski definition) is 4. The van der Waals surface area contributed by atoms with Crippen LogP contribution < -0.4 is 0 Å².